The second-order valence-electron chi connectivity index (χ2n) is 15.0. The van der Waals surface area contributed by atoms with Crippen LogP contribution in [0.2, 0.25) is 0 Å². The van der Waals surface area contributed by atoms with Gasteiger partial charge < -0.3 is 4.42 Å². The fraction of sp³-hybridized carbons (Fsp3) is 0. The molecule has 0 unspecified atom stereocenters. The van der Waals surface area contributed by atoms with E-state index < -0.39 is 0 Å². The standard InChI is InChI=1S/C54H32N4O/c1-2-12-34(13-3-1)52-56-53(35-26-24-33(25-27-35)45-31-37-14-4-5-16-39(37)46-32-55-47-21-8-6-17-43(47)50(45)46)58-54(57-52)38-28-29-40-36(30-38)15-10-19-41(40)42-20-11-23-49-51(42)44-18-7-9-22-48(44)59-49/h1-32H. The molecule has 0 aliphatic heterocycles. The van der Waals surface area contributed by atoms with Gasteiger partial charge in [0.2, 0.25) is 0 Å². The monoisotopic (exact) mass is 752 g/mol. The van der Waals surface area contributed by atoms with Crippen LogP contribution in [0.15, 0.2) is 199 Å². The molecule has 0 aliphatic carbocycles. The first kappa shape index (κ1) is 33.2. The van der Waals surface area contributed by atoms with Gasteiger partial charge in [-0.25, -0.2) is 15.0 Å². The van der Waals surface area contributed by atoms with E-state index >= 15 is 0 Å². The van der Waals surface area contributed by atoms with Crippen LogP contribution in [-0.4, -0.2) is 19.9 Å². The molecule has 0 amide bonds. The maximum atomic E-state index is 6.25. The van der Waals surface area contributed by atoms with Gasteiger partial charge in [-0.05, 0) is 74.1 Å². The van der Waals surface area contributed by atoms with Gasteiger partial charge in [0, 0.05) is 49.8 Å². The summed E-state index contributed by atoms with van der Waals surface area (Å²) in [6, 6.07) is 65.5. The highest BCUT2D eigenvalue weighted by Gasteiger charge is 2.18. The highest BCUT2D eigenvalue weighted by Crippen LogP contribution is 2.41. The van der Waals surface area contributed by atoms with Gasteiger partial charge >= 0.3 is 0 Å². The highest BCUT2D eigenvalue weighted by molar-refractivity contribution is 6.22. The summed E-state index contributed by atoms with van der Waals surface area (Å²) >= 11 is 0. The maximum Gasteiger partial charge on any atom is 0.164 e. The summed E-state index contributed by atoms with van der Waals surface area (Å²) in [4.78, 5) is 20.1. The van der Waals surface area contributed by atoms with Gasteiger partial charge in [0.05, 0.1) is 5.52 Å². The quantitative estimate of drug-likeness (QED) is 0.164. The van der Waals surface area contributed by atoms with Crippen molar-refractivity contribution in [3.8, 4) is 56.4 Å². The lowest BCUT2D eigenvalue weighted by atomic mass is 9.91. The van der Waals surface area contributed by atoms with Crippen molar-refractivity contribution in [2.75, 3.05) is 0 Å². The van der Waals surface area contributed by atoms with E-state index in [-0.39, 0.29) is 0 Å². The third kappa shape index (κ3) is 5.47. The fourth-order valence-corrected chi connectivity index (χ4v) is 8.77. The van der Waals surface area contributed by atoms with Gasteiger partial charge in [0.15, 0.2) is 17.5 Å². The summed E-state index contributed by atoms with van der Waals surface area (Å²) in [5, 5.41) is 10.3. The summed E-state index contributed by atoms with van der Waals surface area (Å²) in [6.45, 7) is 0. The Morgan fingerprint density at radius 1 is 0.322 bits per heavy atom. The van der Waals surface area contributed by atoms with Crippen molar-refractivity contribution in [2.24, 2.45) is 0 Å². The minimum Gasteiger partial charge on any atom is -0.456 e. The Morgan fingerprint density at radius 3 is 1.76 bits per heavy atom. The first-order valence-corrected chi connectivity index (χ1v) is 19.8. The van der Waals surface area contributed by atoms with Crippen LogP contribution in [0.1, 0.15) is 0 Å². The zero-order chi connectivity index (χ0) is 38.9. The van der Waals surface area contributed by atoms with Crippen LogP contribution in [0.5, 0.6) is 0 Å². The third-order valence-electron chi connectivity index (χ3n) is 11.5. The molecule has 5 nitrogen and oxygen atoms in total. The molecule has 274 valence electrons. The Morgan fingerprint density at radius 2 is 0.915 bits per heavy atom. The molecule has 0 atom stereocenters. The van der Waals surface area contributed by atoms with E-state index in [0.29, 0.717) is 17.5 Å². The Balaban J connectivity index is 0.985. The minimum absolute atomic E-state index is 0.616. The van der Waals surface area contributed by atoms with Crippen LogP contribution in [0.25, 0.3) is 122 Å². The van der Waals surface area contributed by atoms with Gasteiger partial charge in [-0.1, -0.05) is 158 Å². The van der Waals surface area contributed by atoms with Gasteiger partial charge in [0.1, 0.15) is 11.2 Å². The van der Waals surface area contributed by atoms with E-state index in [0.717, 1.165) is 87.9 Å². The molecule has 12 rings (SSSR count). The first-order valence-electron chi connectivity index (χ1n) is 19.8. The van der Waals surface area contributed by atoms with E-state index in [4.69, 9.17) is 24.4 Å². The molecule has 5 heteroatoms. The maximum absolute atomic E-state index is 6.25. The number of para-hydroxylation sites is 2. The number of hydrogen-bond donors (Lipinski definition) is 0. The second kappa shape index (κ2) is 13.3. The summed E-state index contributed by atoms with van der Waals surface area (Å²) < 4.78 is 6.25. The zero-order valence-electron chi connectivity index (χ0n) is 31.7. The lowest BCUT2D eigenvalue weighted by Crippen LogP contribution is -2.00. The molecule has 9 aromatic carbocycles. The number of furan rings is 1. The van der Waals surface area contributed by atoms with Gasteiger partial charge in [-0.3, -0.25) is 4.98 Å². The second-order valence-corrected chi connectivity index (χ2v) is 15.0. The molecule has 0 N–H and O–H groups in total. The molecule has 12 aromatic rings. The number of pyridine rings is 1. The Labute approximate surface area is 338 Å². The molecule has 0 saturated heterocycles. The minimum atomic E-state index is 0.616. The molecule has 0 fully saturated rings. The Bertz CT molecular complexity index is 3610. The average molecular weight is 753 g/mol. The van der Waals surface area contributed by atoms with Crippen molar-refractivity contribution in [3.63, 3.8) is 0 Å². The van der Waals surface area contributed by atoms with Crippen molar-refractivity contribution in [1.82, 2.24) is 19.9 Å². The molecule has 0 radical (unpaired) electrons. The smallest absolute Gasteiger partial charge is 0.164 e. The van der Waals surface area contributed by atoms with Crippen molar-refractivity contribution < 1.29 is 4.42 Å². The number of rotatable bonds is 5. The van der Waals surface area contributed by atoms with E-state index in [9.17, 15) is 0 Å². The van der Waals surface area contributed by atoms with Crippen LogP contribution in [0, 0.1) is 0 Å². The third-order valence-corrected chi connectivity index (χ3v) is 11.5. The van der Waals surface area contributed by atoms with Crippen molar-refractivity contribution in [1.29, 1.82) is 0 Å². The van der Waals surface area contributed by atoms with Crippen LogP contribution in [0.4, 0.5) is 0 Å². The van der Waals surface area contributed by atoms with Crippen molar-refractivity contribution >= 4 is 65.2 Å². The molecule has 3 aromatic heterocycles. The number of fused-ring (bicyclic) bond motifs is 9. The molecule has 59 heavy (non-hydrogen) atoms. The fourth-order valence-electron chi connectivity index (χ4n) is 8.77. The number of nitrogens with zero attached hydrogens (tertiary/aromatic N) is 4. The van der Waals surface area contributed by atoms with Crippen LogP contribution in [0.3, 0.4) is 0 Å². The molecule has 0 saturated carbocycles. The van der Waals surface area contributed by atoms with E-state index in [1.807, 2.05) is 60.8 Å². The van der Waals surface area contributed by atoms with E-state index in [1.165, 1.54) is 16.2 Å². The summed E-state index contributed by atoms with van der Waals surface area (Å²) in [5.74, 6) is 1.86. The molecule has 0 spiro atoms. The van der Waals surface area contributed by atoms with Crippen molar-refractivity contribution in [2.45, 2.75) is 0 Å². The molecule has 0 aliphatic rings. The Kier molecular flexibility index (Phi) is 7.47. The number of aromatic nitrogens is 4. The molecular weight excluding hydrogens is 721 g/mol. The van der Waals surface area contributed by atoms with Crippen LogP contribution < -0.4 is 0 Å². The summed E-state index contributed by atoms with van der Waals surface area (Å²) in [7, 11) is 0. The number of benzene rings is 9. The predicted octanol–water partition coefficient (Wildman–Crippen LogP) is 14.1. The molecule has 0 bridgehead atoms. The van der Waals surface area contributed by atoms with Crippen molar-refractivity contribution in [3.05, 3.63) is 194 Å². The lowest BCUT2D eigenvalue weighted by molar-refractivity contribution is 0.669. The van der Waals surface area contributed by atoms with Gasteiger partial charge in [-0.2, -0.15) is 0 Å². The normalized spacial score (nSPS) is 11.7. The summed E-state index contributed by atoms with van der Waals surface area (Å²) in [6.07, 6.45) is 2.02. The zero-order valence-corrected chi connectivity index (χ0v) is 31.7. The lowest BCUT2D eigenvalue weighted by Gasteiger charge is -2.14. The number of hydrogen-bond acceptors (Lipinski definition) is 5. The molecular formula is C54H32N4O. The van der Waals surface area contributed by atoms with Crippen LogP contribution in [-0.2, 0) is 0 Å². The SMILES string of the molecule is c1ccc(-c2nc(-c3ccc(-c4cc5ccccc5c5cnc6ccccc6c45)cc3)nc(-c3ccc4c(-c5cccc6oc7ccccc7c56)cccc4c3)n2)cc1. The first-order chi connectivity index (χ1) is 29.2. The predicted molar refractivity (Wildman–Crippen MR) is 242 cm³/mol. The molecule has 3 heterocycles. The highest BCUT2D eigenvalue weighted by atomic mass is 16.3. The summed E-state index contributed by atoms with van der Waals surface area (Å²) in [5.41, 5.74) is 10.1. The van der Waals surface area contributed by atoms with Gasteiger partial charge in [0.25, 0.3) is 0 Å². The average Bonchev–Trinajstić information content (AvgIpc) is 3.70. The largest absolute Gasteiger partial charge is 0.456 e. The van der Waals surface area contributed by atoms with Crippen LogP contribution >= 0.6 is 0 Å². The van der Waals surface area contributed by atoms with E-state index in [1.54, 1.807) is 0 Å². The Hall–Kier alpha value is -8.02. The topological polar surface area (TPSA) is 64.7 Å². The van der Waals surface area contributed by atoms with E-state index in [2.05, 4.69) is 133 Å². The van der Waals surface area contributed by atoms with Gasteiger partial charge in [-0.15, -0.1) is 0 Å².